The molecule has 0 heterocycles. The molecule has 15 heavy (non-hydrogen) atoms. The average Bonchev–Trinajstić information content (AvgIpc) is 2.19. The molecular formula is C12H12F2O. The predicted molar refractivity (Wildman–Crippen MR) is 55.2 cm³/mol. The van der Waals surface area contributed by atoms with Crippen LogP contribution < -0.4 is 0 Å². The van der Waals surface area contributed by atoms with Crippen LogP contribution in [0.1, 0.15) is 19.4 Å². The van der Waals surface area contributed by atoms with Crippen LogP contribution in [-0.2, 0) is 4.79 Å². The zero-order chi connectivity index (χ0) is 11.4. The smallest absolute Gasteiger partial charge is 0.166 e. The summed E-state index contributed by atoms with van der Waals surface area (Å²) in [5.41, 5.74) is 0.0870. The van der Waals surface area contributed by atoms with E-state index in [1.807, 2.05) is 0 Å². The minimum Gasteiger partial charge on any atom is -0.295 e. The molecule has 0 unspecified atom stereocenters. The Kier molecular flexibility index (Phi) is 3.72. The van der Waals surface area contributed by atoms with E-state index in [0.29, 0.717) is 0 Å². The SMILES string of the molecule is CC(C)C(=O)C=Cc1cccc(F)c1F. The molecule has 3 heteroatoms. The minimum atomic E-state index is -0.926. The molecule has 0 aliphatic carbocycles. The first kappa shape index (κ1) is 11.6. The summed E-state index contributed by atoms with van der Waals surface area (Å²) in [6.07, 6.45) is 2.56. The summed E-state index contributed by atoms with van der Waals surface area (Å²) in [6.45, 7) is 3.49. The number of allylic oxidation sites excluding steroid dienone is 1. The molecule has 0 N–H and O–H groups in total. The highest BCUT2D eigenvalue weighted by molar-refractivity contribution is 5.94. The van der Waals surface area contributed by atoms with Gasteiger partial charge in [-0.2, -0.15) is 0 Å². The molecule has 0 atom stereocenters. The van der Waals surface area contributed by atoms with Crippen LogP contribution in [0, 0.1) is 17.6 Å². The van der Waals surface area contributed by atoms with Crippen molar-refractivity contribution in [1.82, 2.24) is 0 Å². The van der Waals surface area contributed by atoms with Gasteiger partial charge in [0.05, 0.1) is 0 Å². The standard InChI is InChI=1S/C12H12F2O/c1-8(2)11(15)7-6-9-4-3-5-10(13)12(9)14/h3-8H,1-2H3. The quantitative estimate of drug-likeness (QED) is 0.700. The van der Waals surface area contributed by atoms with Gasteiger partial charge in [0.1, 0.15) is 0 Å². The zero-order valence-electron chi connectivity index (χ0n) is 8.63. The van der Waals surface area contributed by atoms with E-state index < -0.39 is 11.6 Å². The van der Waals surface area contributed by atoms with Crippen LogP contribution in [0.5, 0.6) is 0 Å². The number of rotatable bonds is 3. The monoisotopic (exact) mass is 210 g/mol. The van der Waals surface area contributed by atoms with Gasteiger partial charge in [0.25, 0.3) is 0 Å². The summed E-state index contributed by atoms with van der Waals surface area (Å²) < 4.78 is 25.9. The Labute approximate surface area is 87.4 Å². The Hall–Kier alpha value is -1.51. The second-order valence-corrected chi connectivity index (χ2v) is 3.53. The third kappa shape index (κ3) is 2.98. The number of hydrogen-bond acceptors (Lipinski definition) is 1. The summed E-state index contributed by atoms with van der Waals surface area (Å²) in [5.74, 6) is -2.09. The Morgan fingerprint density at radius 3 is 2.60 bits per heavy atom. The number of carbonyl (C=O) groups is 1. The van der Waals surface area contributed by atoms with Gasteiger partial charge in [0.2, 0.25) is 0 Å². The van der Waals surface area contributed by atoms with Crippen LogP contribution in [0.4, 0.5) is 8.78 Å². The van der Waals surface area contributed by atoms with E-state index in [-0.39, 0.29) is 17.3 Å². The van der Waals surface area contributed by atoms with Gasteiger partial charge < -0.3 is 0 Å². The second-order valence-electron chi connectivity index (χ2n) is 3.53. The number of benzene rings is 1. The molecule has 0 fully saturated rings. The van der Waals surface area contributed by atoms with Crippen molar-refractivity contribution in [3.05, 3.63) is 41.5 Å². The molecule has 0 saturated heterocycles. The first-order valence-corrected chi connectivity index (χ1v) is 4.68. The Bertz CT molecular complexity index is 395. The Balaban J connectivity index is 2.90. The fraction of sp³-hybridized carbons (Fsp3) is 0.250. The van der Waals surface area contributed by atoms with Crippen molar-refractivity contribution in [2.75, 3.05) is 0 Å². The van der Waals surface area contributed by atoms with Crippen molar-refractivity contribution in [1.29, 1.82) is 0 Å². The maximum Gasteiger partial charge on any atom is 0.166 e. The van der Waals surface area contributed by atoms with Crippen molar-refractivity contribution in [2.24, 2.45) is 5.92 Å². The molecule has 1 nitrogen and oxygen atoms in total. The lowest BCUT2D eigenvalue weighted by atomic mass is 10.1. The maximum atomic E-state index is 13.1. The normalized spacial score (nSPS) is 11.3. The topological polar surface area (TPSA) is 17.1 Å². The second kappa shape index (κ2) is 4.82. The van der Waals surface area contributed by atoms with Crippen LogP contribution in [-0.4, -0.2) is 5.78 Å². The average molecular weight is 210 g/mol. The molecule has 1 aromatic rings. The largest absolute Gasteiger partial charge is 0.295 e. The van der Waals surface area contributed by atoms with Crippen LogP contribution in [0.25, 0.3) is 6.08 Å². The van der Waals surface area contributed by atoms with Crippen LogP contribution in [0.15, 0.2) is 24.3 Å². The highest BCUT2D eigenvalue weighted by atomic mass is 19.2. The number of hydrogen-bond donors (Lipinski definition) is 0. The van der Waals surface area contributed by atoms with Gasteiger partial charge in [-0.3, -0.25) is 4.79 Å². The van der Waals surface area contributed by atoms with Gasteiger partial charge in [-0.1, -0.05) is 26.0 Å². The lowest BCUT2D eigenvalue weighted by Crippen LogP contribution is -2.02. The van der Waals surface area contributed by atoms with E-state index in [1.165, 1.54) is 24.3 Å². The van der Waals surface area contributed by atoms with Gasteiger partial charge in [-0.25, -0.2) is 8.78 Å². The molecular weight excluding hydrogens is 198 g/mol. The van der Waals surface area contributed by atoms with E-state index >= 15 is 0 Å². The third-order valence-electron chi connectivity index (χ3n) is 1.98. The van der Waals surface area contributed by atoms with Crippen LogP contribution in [0.3, 0.4) is 0 Å². The fourth-order valence-electron chi connectivity index (χ4n) is 1.01. The molecule has 0 bridgehead atoms. The van der Waals surface area contributed by atoms with E-state index in [1.54, 1.807) is 13.8 Å². The summed E-state index contributed by atoms with van der Waals surface area (Å²) in [4.78, 5) is 11.2. The van der Waals surface area contributed by atoms with Gasteiger partial charge >= 0.3 is 0 Å². The van der Waals surface area contributed by atoms with Crippen LogP contribution in [0.2, 0.25) is 0 Å². The molecule has 1 aromatic carbocycles. The molecule has 0 saturated carbocycles. The predicted octanol–water partition coefficient (Wildman–Crippen LogP) is 3.20. The van der Waals surface area contributed by atoms with E-state index in [4.69, 9.17) is 0 Å². The molecule has 0 aromatic heterocycles. The molecule has 0 radical (unpaired) electrons. The highest BCUT2D eigenvalue weighted by Crippen LogP contribution is 2.13. The molecule has 1 rings (SSSR count). The zero-order valence-corrected chi connectivity index (χ0v) is 8.63. The number of ketones is 1. The van der Waals surface area contributed by atoms with Crippen LogP contribution >= 0.6 is 0 Å². The number of halogens is 2. The lowest BCUT2D eigenvalue weighted by Gasteiger charge is -1.99. The van der Waals surface area contributed by atoms with Gasteiger partial charge in [0.15, 0.2) is 17.4 Å². The first-order valence-electron chi connectivity index (χ1n) is 4.68. The van der Waals surface area contributed by atoms with Gasteiger partial charge in [-0.15, -0.1) is 0 Å². The third-order valence-corrected chi connectivity index (χ3v) is 1.98. The van der Waals surface area contributed by atoms with E-state index in [9.17, 15) is 13.6 Å². The lowest BCUT2D eigenvalue weighted by molar-refractivity contribution is -0.117. The molecule has 0 amide bonds. The highest BCUT2D eigenvalue weighted by Gasteiger charge is 2.06. The van der Waals surface area contributed by atoms with Crippen molar-refractivity contribution in [3.63, 3.8) is 0 Å². The number of carbonyl (C=O) groups excluding carboxylic acids is 1. The molecule has 0 aliphatic heterocycles. The van der Waals surface area contributed by atoms with Crippen molar-refractivity contribution in [2.45, 2.75) is 13.8 Å². The fourth-order valence-corrected chi connectivity index (χ4v) is 1.01. The van der Waals surface area contributed by atoms with E-state index in [0.717, 1.165) is 6.07 Å². The molecule has 80 valence electrons. The van der Waals surface area contributed by atoms with Crippen molar-refractivity contribution in [3.8, 4) is 0 Å². The molecule has 0 aliphatic rings. The first-order chi connectivity index (χ1) is 7.02. The molecule has 0 spiro atoms. The van der Waals surface area contributed by atoms with Crippen molar-refractivity contribution >= 4 is 11.9 Å². The Morgan fingerprint density at radius 1 is 1.33 bits per heavy atom. The summed E-state index contributed by atoms with van der Waals surface area (Å²) in [6, 6.07) is 3.86. The minimum absolute atomic E-state index is 0.0870. The van der Waals surface area contributed by atoms with E-state index in [2.05, 4.69) is 0 Å². The van der Waals surface area contributed by atoms with Crippen molar-refractivity contribution < 1.29 is 13.6 Å². The van der Waals surface area contributed by atoms with Gasteiger partial charge in [-0.05, 0) is 18.2 Å². The summed E-state index contributed by atoms with van der Waals surface area (Å²) in [7, 11) is 0. The summed E-state index contributed by atoms with van der Waals surface area (Å²) >= 11 is 0. The van der Waals surface area contributed by atoms with Gasteiger partial charge in [0, 0.05) is 11.5 Å². The maximum absolute atomic E-state index is 13.1. The Morgan fingerprint density at radius 2 is 2.00 bits per heavy atom. The summed E-state index contributed by atoms with van der Waals surface area (Å²) in [5, 5.41) is 0.